The zero-order chi connectivity index (χ0) is 16.7. The Bertz CT molecular complexity index is 674. The number of hydrogen-bond donors (Lipinski definition) is 1. The van der Waals surface area contributed by atoms with E-state index in [1.165, 1.54) is 5.56 Å². The van der Waals surface area contributed by atoms with Gasteiger partial charge in [-0.25, -0.2) is 0 Å². The molecule has 1 amide bonds. The molecule has 0 aliphatic carbocycles. The van der Waals surface area contributed by atoms with E-state index in [0.717, 1.165) is 12.1 Å². The molecule has 5 heteroatoms. The quantitative estimate of drug-likeness (QED) is 0.682. The van der Waals surface area contributed by atoms with Crippen molar-refractivity contribution < 1.29 is 9.53 Å². The number of rotatable bonds is 7. The summed E-state index contributed by atoms with van der Waals surface area (Å²) in [5, 5.41) is 3.93. The second-order valence-electron chi connectivity index (χ2n) is 5.13. The van der Waals surface area contributed by atoms with Crippen molar-refractivity contribution in [1.82, 2.24) is 0 Å². The average molecular weight is 352 g/mol. The minimum Gasteiger partial charge on any atom is -0.492 e. The molecule has 3 nitrogen and oxygen atoms in total. The summed E-state index contributed by atoms with van der Waals surface area (Å²) in [4.78, 5) is 11.9. The number of ether oxygens (including phenoxy) is 1. The van der Waals surface area contributed by atoms with Crippen LogP contribution >= 0.6 is 23.2 Å². The number of aryl methyl sites for hydroxylation is 1. The Morgan fingerprint density at radius 2 is 2.00 bits per heavy atom. The maximum Gasteiger partial charge on any atom is 0.224 e. The first-order chi connectivity index (χ1) is 11.1. The zero-order valence-corrected chi connectivity index (χ0v) is 14.5. The summed E-state index contributed by atoms with van der Waals surface area (Å²) in [6, 6.07) is 12.9. The lowest BCUT2D eigenvalue weighted by Gasteiger charge is -2.09. The van der Waals surface area contributed by atoms with Crippen molar-refractivity contribution in [1.29, 1.82) is 0 Å². The maximum atomic E-state index is 11.9. The summed E-state index contributed by atoms with van der Waals surface area (Å²) in [7, 11) is 0. The van der Waals surface area contributed by atoms with E-state index < -0.39 is 0 Å². The first-order valence-corrected chi connectivity index (χ1v) is 8.30. The standard InChI is InChI=1S/C18H19Cl2NO2/c1-2-13-5-3-6-15(11-13)21-18(22)7-4-10-23-17-9-8-14(19)12-16(17)20/h3,5-6,8-9,11-12H,2,4,7,10H2,1H3,(H,21,22). The Hall–Kier alpha value is -1.71. The molecule has 0 aromatic heterocycles. The molecular formula is C18H19Cl2NO2. The molecule has 0 atom stereocenters. The van der Waals surface area contributed by atoms with Crippen molar-refractivity contribution in [3.05, 3.63) is 58.1 Å². The fourth-order valence-electron chi connectivity index (χ4n) is 2.10. The minimum absolute atomic E-state index is 0.0240. The molecule has 0 radical (unpaired) electrons. The van der Waals surface area contributed by atoms with Crippen LogP contribution in [0.25, 0.3) is 0 Å². The summed E-state index contributed by atoms with van der Waals surface area (Å²) >= 11 is 11.8. The number of hydrogen-bond acceptors (Lipinski definition) is 2. The first kappa shape index (κ1) is 17.6. The molecule has 0 bridgehead atoms. The molecule has 2 aromatic rings. The fraction of sp³-hybridized carbons (Fsp3) is 0.278. The third-order valence-corrected chi connectivity index (χ3v) is 3.85. The van der Waals surface area contributed by atoms with Gasteiger partial charge in [0, 0.05) is 17.1 Å². The van der Waals surface area contributed by atoms with Gasteiger partial charge in [0.05, 0.1) is 11.6 Å². The van der Waals surface area contributed by atoms with E-state index in [-0.39, 0.29) is 5.91 Å². The zero-order valence-electron chi connectivity index (χ0n) is 12.9. The Balaban J connectivity index is 1.74. The van der Waals surface area contributed by atoms with Gasteiger partial charge >= 0.3 is 0 Å². The van der Waals surface area contributed by atoms with E-state index in [4.69, 9.17) is 27.9 Å². The van der Waals surface area contributed by atoms with E-state index in [0.29, 0.717) is 35.2 Å². The topological polar surface area (TPSA) is 38.3 Å². The summed E-state index contributed by atoms with van der Waals surface area (Å²) in [6.45, 7) is 2.50. The van der Waals surface area contributed by atoms with Crippen LogP contribution in [-0.2, 0) is 11.2 Å². The summed E-state index contributed by atoms with van der Waals surface area (Å²) < 4.78 is 5.56. The highest BCUT2D eigenvalue weighted by Gasteiger charge is 2.05. The number of carbonyl (C=O) groups is 1. The number of anilines is 1. The molecule has 0 aliphatic heterocycles. The van der Waals surface area contributed by atoms with Crippen LogP contribution in [0.15, 0.2) is 42.5 Å². The molecule has 23 heavy (non-hydrogen) atoms. The van der Waals surface area contributed by atoms with Crippen molar-refractivity contribution in [2.45, 2.75) is 26.2 Å². The molecule has 2 rings (SSSR count). The first-order valence-electron chi connectivity index (χ1n) is 7.55. The van der Waals surface area contributed by atoms with Crippen LogP contribution in [0.3, 0.4) is 0 Å². The highest BCUT2D eigenvalue weighted by molar-refractivity contribution is 6.35. The van der Waals surface area contributed by atoms with Gasteiger partial charge in [0.1, 0.15) is 5.75 Å². The molecule has 122 valence electrons. The SMILES string of the molecule is CCc1cccc(NC(=O)CCCOc2ccc(Cl)cc2Cl)c1. The van der Waals surface area contributed by atoms with Crippen molar-refractivity contribution in [3.63, 3.8) is 0 Å². The predicted molar refractivity (Wildman–Crippen MR) is 95.6 cm³/mol. The van der Waals surface area contributed by atoms with E-state index in [2.05, 4.69) is 12.2 Å². The molecule has 1 N–H and O–H groups in total. The van der Waals surface area contributed by atoms with Gasteiger partial charge in [-0.3, -0.25) is 4.79 Å². The van der Waals surface area contributed by atoms with E-state index in [1.807, 2.05) is 24.3 Å². The lowest BCUT2D eigenvalue weighted by atomic mass is 10.1. The Kier molecular flexibility index (Phi) is 6.75. The molecule has 0 saturated carbocycles. The predicted octanol–water partition coefficient (Wildman–Crippen LogP) is 5.35. The maximum absolute atomic E-state index is 11.9. The van der Waals surface area contributed by atoms with Crippen molar-refractivity contribution in [2.24, 2.45) is 0 Å². The average Bonchev–Trinajstić information content (AvgIpc) is 2.53. The van der Waals surface area contributed by atoms with Crippen LogP contribution in [0.1, 0.15) is 25.3 Å². The minimum atomic E-state index is -0.0240. The number of halogens is 2. The highest BCUT2D eigenvalue weighted by atomic mass is 35.5. The molecule has 0 fully saturated rings. The number of amides is 1. The largest absolute Gasteiger partial charge is 0.492 e. The van der Waals surface area contributed by atoms with Gasteiger partial charge in [-0.05, 0) is 48.7 Å². The van der Waals surface area contributed by atoms with Gasteiger partial charge in [0.25, 0.3) is 0 Å². The lowest BCUT2D eigenvalue weighted by Crippen LogP contribution is -2.13. The van der Waals surface area contributed by atoms with Crippen LogP contribution in [0, 0.1) is 0 Å². The van der Waals surface area contributed by atoms with Crippen molar-refractivity contribution >= 4 is 34.8 Å². The molecule has 0 spiro atoms. The van der Waals surface area contributed by atoms with Crippen LogP contribution < -0.4 is 10.1 Å². The van der Waals surface area contributed by atoms with Gasteiger partial charge in [-0.15, -0.1) is 0 Å². The molecule has 0 saturated heterocycles. The van der Waals surface area contributed by atoms with Crippen molar-refractivity contribution in [3.8, 4) is 5.75 Å². The van der Waals surface area contributed by atoms with Gasteiger partial charge in [-0.1, -0.05) is 42.3 Å². The summed E-state index contributed by atoms with van der Waals surface area (Å²) in [5.74, 6) is 0.552. The second-order valence-corrected chi connectivity index (χ2v) is 5.97. The van der Waals surface area contributed by atoms with E-state index in [9.17, 15) is 4.79 Å². The van der Waals surface area contributed by atoms with Crippen LogP contribution in [0.4, 0.5) is 5.69 Å². The Morgan fingerprint density at radius 3 is 2.74 bits per heavy atom. The van der Waals surface area contributed by atoms with E-state index >= 15 is 0 Å². The third kappa shape index (κ3) is 5.77. The summed E-state index contributed by atoms with van der Waals surface area (Å²) in [6.07, 6.45) is 1.94. The molecular weight excluding hydrogens is 333 g/mol. The van der Waals surface area contributed by atoms with Crippen LogP contribution in [0.5, 0.6) is 5.75 Å². The molecule has 2 aromatic carbocycles. The molecule has 0 aliphatic rings. The molecule has 0 heterocycles. The van der Waals surface area contributed by atoms with Gasteiger partial charge < -0.3 is 10.1 Å². The van der Waals surface area contributed by atoms with E-state index in [1.54, 1.807) is 18.2 Å². The third-order valence-electron chi connectivity index (χ3n) is 3.32. The van der Waals surface area contributed by atoms with Gasteiger partial charge in [0.2, 0.25) is 5.91 Å². The van der Waals surface area contributed by atoms with Crippen molar-refractivity contribution in [2.75, 3.05) is 11.9 Å². The number of benzene rings is 2. The van der Waals surface area contributed by atoms with Crippen LogP contribution in [-0.4, -0.2) is 12.5 Å². The Labute approximate surface area is 146 Å². The Morgan fingerprint density at radius 1 is 1.17 bits per heavy atom. The monoisotopic (exact) mass is 351 g/mol. The van der Waals surface area contributed by atoms with Gasteiger partial charge in [-0.2, -0.15) is 0 Å². The van der Waals surface area contributed by atoms with Crippen LogP contribution in [0.2, 0.25) is 10.0 Å². The summed E-state index contributed by atoms with van der Waals surface area (Å²) in [5.41, 5.74) is 2.03. The highest BCUT2D eigenvalue weighted by Crippen LogP contribution is 2.27. The molecule has 0 unspecified atom stereocenters. The van der Waals surface area contributed by atoms with Gasteiger partial charge in [0.15, 0.2) is 0 Å². The smallest absolute Gasteiger partial charge is 0.224 e. The fourth-order valence-corrected chi connectivity index (χ4v) is 2.56. The lowest BCUT2D eigenvalue weighted by molar-refractivity contribution is -0.116. The second kappa shape index (κ2) is 8.80. The normalized spacial score (nSPS) is 10.4. The number of carbonyl (C=O) groups excluding carboxylic acids is 1. The number of nitrogens with one attached hydrogen (secondary N) is 1.